The molecule has 0 aromatic rings. The smallest absolute Gasteiger partial charge is 0.181 e. The van der Waals surface area contributed by atoms with Crippen LogP contribution in [-0.2, 0) is 10.1 Å². The van der Waals surface area contributed by atoms with Gasteiger partial charge in [0.25, 0.3) is 0 Å². The quantitative estimate of drug-likeness (QED) is 0.0352. The fourth-order valence-electron chi connectivity index (χ4n) is 7.67. The zero-order chi connectivity index (χ0) is 39.5. The van der Waals surface area contributed by atoms with Crippen molar-refractivity contribution in [1.29, 1.82) is 0 Å². The Morgan fingerprint density at radius 3 is 0.704 bits per heavy atom. The number of nitrogens with zero attached hydrogens (tertiary/aromatic N) is 1. The summed E-state index contributed by atoms with van der Waals surface area (Å²) in [6.07, 6.45) is 62.8. The molecule has 0 aliphatic heterocycles. The van der Waals surface area contributed by atoms with Gasteiger partial charge >= 0.3 is 0 Å². The van der Waals surface area contributed by atoms with Crippen molar-refractivity contribution >= 4 is 10.1 Å². The van der Waals surface area contributed by atoms with Crippen LogP contribution in [0.25, 0.3) is 0 Å². The summed E-state index contributed by atoms with van der Waals surface area (Å²) in [6, 6.07) is 0. The summed E-state index contributed by atoms with van der Waals surface area (Å²) >= 11 is 0. The minimum atomic E-state index is -4.42. The van der Waals surface area contributed by atoms with Gasteiger partial charge in [-0.3, -0.25) is 0 Å². The molecule has 0 aromatic heterocycles. The molecule has 0 saturated carbocycles. The summed E-state index contributed by atoms with van der Waals surface area (Å²) < 4.78 is 36.6. The largest absolute Gasteiger partial charge is 0.744 e. The van der Waals surface area contributed by atoms with Gasteiger partial charge in [-0.15, -0.1) is 0 Å². The van der Waals surface area contributed by atoms with Crippen LogP contribution >= 0.6 is 0 Å². The van der Waals surface area contributed by atoms with Crippen LogP contribution in [0.5, 0.6) is 0 Å². The van der Waals surface area contributed by atoms with Crippen molar-refractivity contribution in [1.82, 2.24) is 0 Å². The molecule has 54 heavy (non-hydrogen) atoms. The first-order valence-electron chi connectivity index (χ1n) is 24.2. The van der Waals surface area contributed by atoms with Gasteiger partial charge in [0.2, 0.25) is 0 Å². The Bertz CT molecular complexity index is 847. The Hall–Kier alpha value is -0.910. The molecule has 5 heteroatoms. The van der Waals surface area contributed by atoms with Crippen molar-refractivity contribution in [3.05, 3.63) is 36.8 Å². The molecule has 0 atom stereocenters. The topological polar surface area (TPSA) is 57.2 Å². The number of rotatable bonds is 44. The lowest BCUT2D eigenvalue weighted by Gasteiger charge is -2.28. The van der Waals surface area contributed by atoms with Gasteiger partial charge in [-0.1, -0.05) is 233 Å². The van der Waals surface area contributed by atoms with Crippen LogP contribution in [-0.4, -0.2) is 23.3 Å². The maximum absolute atomic E-state index is 12.2. The third kappa shape index (κ3) is 40.7. The molecule has 0 aromatic carbocycles. The average molecular weight is 778 g/mol. The van der Waals surface area contributed by atoms with E-state index in [4.69, 9.17) is 0 Å². The van der Waals surface area contributed by atoms with Crippen LogP contribution in [0, 0.1) is 0 Å². The van der Waals surface area contributed by atoms with E-state index in [-0.39, 0.29) is 4.48 Å². The van der Waals surface area contributed by atoms with Gasteiger partial charge in [0.05, 0.1) is 0 Å². The van der Waals surface area contributed by atoms with Crippen LogP contribution in [0.2, 0.25) is 0 Å². The van der Waals surface area contributed by atoms with Gasteiger partial charge in [0.15, 0.2) is 5.88 Å². The lowest BCUT2D eigenvalue weighted by Crippen LogP contribution is -2.36. The van der Waals surface area contributed by atoms with E-state index in [1.165, 1.54) is 212 Å². The van der Waals surface area contributed by atoms with Crippen LogP contribution in [0.1, 0.15) is 271 Å². The second-order valence-electron chi connectivity index (χ2n) is 16.9. The van der Waals surface area contributed by atoms with Gasteiger partial charge in [0, 0.05) is 0 Å². The molecular formula is C49H95NO3S. The highest BCUT2D eigenvalue weighted by Crippen LogP contribution is 2.20. The second kappa shape index (κ2) is 41.7. The Balaban J connectivity index is 4.83. The van der Waals surface area contributed by atoms with Gasteiger partial charge < -0.3 is 4.55 Å². The second-order valence-corrected chi connectivity index (χ2v) is 18.2. The van der Waals surface area contributed by atoms with Crippen molar-refractivity contribution in [3.63, 3.8) is 0 Å². The van der Waals surface area contributed by atoms with Crippen molar-refractivity contribution in [3.8, 4) is 0 Å². The Morgan fingerprint density at radius 2 is 0.519 bits per heavy atom. The van der Waals surface area contributed by atoms with Crippen molar-refractivity contribution in [2.24, 2.45) is 0 Å². The predicted molar refractivity (Wildman–Crippen MR) is 239 cm³/mol. The summed E-state index contributed by atoms with van der Waals surface area (Å²) in [5, 5.41) is 0. The number of allylic oxidation sites excluding steroid dienone is 3. The molecule has 0 aliphatic rings. The molecule has 0 fully saturated rings. The molecule has 4 nitrogen and oxygen atoms in total. The Morgan fingerprint density at radius 1 is 0.333 bits per heavy atom. The highest BCUT2D eigenvalue weighted by atomic mass is 32.2. The highest BCUT2D eigenvalue weighted by molar-refractivity contribution is 7.85. The van der Waals surface area contributed by atoms with E-state index in [0.717, 1.165) is 38.5 Å². The zero-order valence-electron chi connectivity index (χ0n) is 36.8. The van der Waals surface area contributed by atoms with Crippen molar-refractivity contribution < 1.29 is 17.5 Å². The highest BCUT2D eigenvalue weighted by Gasteiger charge is 2.22. The Kier molecular flexibility index (Phi) is 41.0. The summed E-state index contributed by atoms with van der Waals surface area (Å²) in [5.74, 6) is -0.453. The first-order chi connectivity index (χ1) is 26.4. The van der Waals surface area contributed by atoms with Crippen LogP contribution < -0.4 is 0 Å². The van der Waals surface area contributed by atoms with Crippen molar-refractivity contribution in [2.45, 2.75) is 271 Å². The molecule has 0 rings (SSSR count). The monoisotopic (exact) mass is 778 g/mol. The minimum Gasteiger partial charge on any atom is -0.744 e. The first-order valence-corrected chi connectivity index (χ1v) is 25.8. The SMILES string of the molecule is CCCCCCCCCCCCCC/C=C/[N+](/C=C/CCCCCCCCCCCCCC)(/C=C/CCCCCCCCCCCCCC)CS(=O)(=O)[O-]. The molecule has 0 heterocycles. The maximum atomic E-state index is 12.2. The summed E-state index contributed by atoms with van der Waals surface area (Å²) in [6.45, 7) is 6.83. The van der Waals surface area contributed by atoms with Gasteiger partial charge in [-0.2, -0.15) is 0 Å². The van der Waals surface area contributed by atoms with E-state index in [1.807, 2.05) is 18.6 Å². The van der Waals surface area contributed by atoms with E-state index >= 15 is 0 Å². The van der Waals surface area contributed by atoms with Gasteiger partial charge in [-0.25, -0.2) is 12.9 Å². The van der Waals surface area contributed by atoms with E-state index < -0.39 is 16.0 Å². The molecule has 0 N–H and O–H groups in total. The maximum Gasteiger partial charge on any atom is 0.181 e. The van der Waals surface area contributed by atoms with E-state index in [2.05, 4.69) is 39.0 Å². The standard InChI is InChI=1S/C49H95NO3S/c1-4-7-10-13-16-19-22-25-28-31-34-37-40-43-46-50(49-54(51,52)53,47-44-41-38-35-32-29-26-23-20-17-14-11-8-5-2)48-45-42-39-36-33-30-27-24-21-18-15-12-9-6-3/h43-48H,4-42,49H2,1-3H3/b46-43+,47-44+,48-45+. The number of quaternary nitrogens is 1. The predicted octanol–water partition coefficient (Wildman–Crippen LogP) is 17.1. The molecule has 0 aliphatic carbocycles. The summed E-state index contributed by atoms with van der Waals surface area (Å²) in [7, 11) is -4.42. The van der Waals surface area contributed by atoms with Crippen LogP contribution in [0.3, 0.4) is 0 Å². The lowest BCUT2D eigenvalue weighted by atomic mass is 10.0. The van der Waals surface area contributed by atoms with Crippen LogP contribution in [0.4, 0.5) is 0 Å². The van der Waals surface area contributed by atoms with E-state index in [0.29, 0.717) is 0 Å². The number of hydrogen-bond acceptors (Lipinski definition) is 3. The third-order valence-corrected chi connectivity index (χ3v) is 12.0. The molecule has 0 bridgehead atoms. The molecule has 0 unspecified atom stereocenters. The zero-order valence-corrected chi connectivity index (χ0v) is 37.6. The molecule has 320 valence electrons. The van der Waals surface area contributed by atoms with Crippen LogP contribution in [0.15, 0.2) is 36.8 Å². The molecule has 0 saturated heterocycles. The van der Waals surface area contributed by atoms with E-state index in [9.17, 15) is 13.0 Å². The Labute approximate surface area is 340 Å². The third-order valence-electron chi connectivity index (χ3n) is 11.2. The molecule has 0 radical (unpaired) electrons. The average Bonchev–Trinajstić information content (AvgIpc) is 3.14. The minimum absolute atomic E-state index is 0.0133. The molecular weight excluding hydrogens is 683 g/mol. The fourth-order valence-corrected chi connectivity index (χ4v) is 8.48. The lowest BCUT2D eigenvalue weighted by molar-refractivity contribution is -0.760. The normalized spacial score (nSPS) is 12.7. The van der Waals surface area contributed by atoms with Gasteiger partial charge in [-0.05, 0) is 56.8 Å². The first kappa shape index (κ1) is 53.1. The van der Waals surface area contributed by atoms with Crippen molar-refractivity contribution in [2.75, 3.05) is 5.88 Å². The summed E-state index contributed by atoms with van der Waals surface area (Å²) in [4.78, 5) is 0. The molecule has 0 spiro atoms. The van der Waals surface area contributed by atoms with Gasteiger partial charge in [0.1, 0.15) is 28.7 Å². The fraction of sp³-hybridized carbons (Fsp3) is 0.878. The van der Waals surface area contributed by atoms with E-state index in [1.54, 1.807) is 0 Å². The summed E-state index contributed by atoms with van der Waals surface area (Å²) in [5.41, 5.74) is 0. The number of hydrogen-bond donors (Lipinski definition) is 0. The molecule has 0 amide bonds. The number of unbranched alkanes of at least 4 members (excludes halogenated alkanes) is 36.